The molecule has 1 aromatic heterocycles. The lowest BCUT2D eigenvalue weighted by Crippen LogP contribution is -2.64. The monoisotopic (exact) mass is 1210 g/mol. The summed E-state index contributed by atoms with van der Waals surface area (Å²) < 4.78 is 0. The van der Waals surface area contributed by atoms with Crippen molar-refractivity contribution in [1.29, 1.82) is 0 Å². The number of unbranched alkanes of at least 4 members (excludes halogenated alkanes) is 1. The minimum atomic E-state index is -1.72. The second-order valence-corrected chi connectivity index (χ2v) is 24.5. The molecule has 28 heteroatoms. The average Bonchev–Trinajstić information content (AvgIpc) is 4.15. The van der Waals surface area contributed by atoms with Crippen LogP contribution in [0.5, 0.6) is 0 Å². The van der Waals surface area contributed by atoms with Crippen molar-refractivity contribution in [3.63, 3.8) is 0 Å². The number of aliphatic hydroxyl groups is 2. The number of pyridine rings is 1. The SMILES string of the molecule is CC[C@](C)(NC(=O)[C@H]1CCCN1C(=O)[C@H](CO)NC(C)=O)C(=O)N[C@@H](Cc1ccncc1)C(=O)N[C@@H](CC1CCCCC1)C(=O)N[C@@H](CC(C)(C)C)C(=O)N[C@@H](CC(N)=O)C(=O)N[C@@H](CCCCN)C(=O)NC(C)(C)C(=O)N[C@H](C(=O)NC)[C@@H](C)O. The highest BCUT2D eigenvalue weighted by Gasteiger charge is 2.44. The number of nitrogens with one attached hydrogen (secondary N) is 10. The van der Waals surface area contributed by atoms with Crippen LogP contribution in [0, 0.1) is 11.3 Å². The number of rotatable bonds is 33. The molecule has 3 rings (SSSR count). The molecule has 0 unspecified atom stereocenters. The third-order valence-electron chi connectivity index (χ3n) is 15.4. The van der Waals surface area contributed by atoms with Gasteiger partial charge in [-0.2, -0.15) is 0 Å². The first-order valence-corrected chi connectivity index (χ1v) is 29.7. The zero-order valence-electron chi connectivity index (χ0n) is 51.7. The fraction of sp³-hybridized carbons (Fsp3) is 0.707. The summed E-state index contributed by atoms with van der Waals surface area (Å²) in [6.45, 7) is 13.3. The zero-order chi connectivity index (χ0) is 64.7. The predicted molar refractivity (Wildman–Crippen MR) is 316 cm³/mol. The maximum Gasteiger partial charge on any atom is 0.248 e. The van der Waals surface area contributed by atoms with E-state index in [1.54, 1.807) is 39.8 Å². The molecule has 0 bridgehead atoms. The van der Waals surface area contributed by atoms with Crippen molar-refractivity contribution in [3.05, 3.63) is 30.1 Å². The Morgan fingerprint density at radius 3 is 1.83 bits per heavy atom. The molecule has 482 valence electrons. The van der Waals surface area contributed by atoms with Gasteiger partial charge in [0.1, 0.15) is 59.4 Å². The average molecular weight is 1210 g/mol. The minimum absolute atomic E-state index is 0.0179. The van der Waals surface area contributed by atoms with E-state index in [4.69, 9.17) is 11.5 Å². The van der Waals surface area contributed by atoms with Crippen LogP contribution in [0.25, 0.3) is 0 Å². The summed E-state index contributed by atoms with van der Waals surface area (Å²) in [5, 5.41) is 46.1. The Morgan fingerprint density at radius 1 is 0.686 bits per heavy atom. The van der Waals surface area contributed by atoms with Crippen molar-refractivity contribution in [1.82, 2.24) is 63.1 Å². The summed E-state index contributed by atoms with van der Waals surface area (Å²) in [5.41, 5.74) is 7.86. The summed E-state index contributed by atoms with van der Waals surface area (Å²) in [6.07, 6.45) is 6.46. The molecular weight excluding hydrogens is 1120 g/mol. The van der Waals surface area contributed by atoms with Crippen molar-refractivity contribution in [2.75, 3.05) is 26.7 Å². The number of hydrogen-bond donors (Lipinski definition) is 14. The maximum absolute atomic E-state index is 14.9. The van der Waals surface area contributed by atoms with Crippen molar-refractivity contribution in [2.45, 2.75) is 224 Å². The van der Waals surface area contributed by atoms with Crippen LogP contribution in [-0.4, -0.2) is 183 Å². The molecule has 2 heterocycles. The Labute approximate surface area is 503 Å². The van der Waals surface area contributed by atoms with Crippen LogP contribution in [0.1, 0.15) is 158 Å². The molecule has 28 nitrogen and oxygen atoms in total. The number of hydrogen-bond acceptors (Lipinski definition) is 16. The van der Waals surface area contributed by atoms with E-state index >= 15 is 0 Å². The van der Waals surface area contributed by atoms with Gasteiger partial charge in [0.15, 0.2) is 0 Å². The molecule has 1 saturated heterocycles. The van der Waals surface area contributed by atoms with E-state index in [0.717, 1.165) is 32.1 Å². The highest BCUT2D eigenvalue weighted by atomic mass is 16.3. The molecule has 1 saturated carbocycles. The van der Waals surface area contributed by atoms with Crippen molar-refractivity contribution in [2.24, 2.45) is 22.8 Å². The van der Waals surface area contributed by atoms with E-state index in [0.29, 0.717) is 24.8 Å². The number of carbonyl (C=O) groups excluding carboxylic acids is 12. The third kappa shape index (κ3) is 23.2. The molecule has 0 aromatic carbocycles. The van der Waals surface area contributed by atoms with Crippen LogP contribution >= 0.6 is 0 Å². The first-order valence-electron chi connectivity index (χ1n) is 29.7. The normalized spacial score (nSPS) is 18.1. The molecule has 1 aromatic rings. The molecule has 12 amide bonds. The van der Waals surface area contributed by atoms with Crippen LogP contribution in [-0.2, 0) is 64.0 Å². The van der Waals surface area contributed by atoms with Crippen molar-refractivity contribution < 1.29 is 67.7 Å². The van der Waals surface area contributed by atoms with Gasteiger partial charge in [0.25, 0.3) is 0 Å². The second-order valence-electron chi connectivity index (χ2n) is 24.5. The van der Waals surface area contributed by atoms with Crippen LogP contribution in [0.3, 0.4) is 0 Å². The molecule has 86 heavy (non-hydrogen) atoms. The molecule has 1 aliphatic carbocycles. The Hall–Kier alpha value is -7.33. The van der Waals surface area contributed by atoms with Gasteiger partial charge in [-0.1, -0.05) is 59.8 Å². The third-order valence-corrected chi connectivity index (χ3v) is 15.4. The molecule has 10 atom stereocenters. The molecule has 1 aliphatic heterocycles. The number of nitrogens with zero attached hydrogens (tertiary/aromatic N) is 2. The Balaban J connectivity index is 1.97. The number of aliphatic hydroxyl groups excluding tert-OH is 2. The number of aromatic nitrogens is 1. The molecular formula is C58H96N14O14. The fourth-order valence-electron chi connectivity index (χ4n) is 10.3. The second kappa shape index (κ2) is 34.1. The number of carbonyl (C=O) groups is 12. The van der Waals surface area contributed by atoms with Gasteiger partial charge in [0.05, 0.1) is 19.1 Å². The topological polar surface area (TPSA) is 434 Å². The first-order chi connectivity index (χ1) is 40.3. The summed E-state index contributed by atoms with van der Waals surface area (Å²) in [7, 11) is 1.31. The van der Waals surface area contributed by atoms with Gasteiger partial charge in [0.2, 0.25) is 70.9 Å². The standard InChI is InChI=1S/C58H96N14O14/c1-11-58(9,71-51(82)43-21-17-27-72(43)53(84)42(32-73)63-34(3)75)55(86)68-39(29-36-22-25-62-26-23-36)47(78)65-38(28-35-18-13-12-14-19-35)46(77)67-41(31-56(4,5)6)49(80)66-40(30-44(60)76)48(79)64-37(20-15-16-24-59)50(81)70-57(7,8)54(85)69-45(33(2)74)52(83)61-10/h22-23,25-26,33,35,37-43,45,73-74H,11-21,24,27-32,59H2,1-10H3,(H2,60,76)(H,61,83)(H,63,75)(H,64,79)(H,65,78)(H,66,80)(H,67,77)(H,68,86)(H,69,85)(H,70,81)(H,71,82)/t33-,37+,38+,39+,40+,41+,42+,43-,45+,58+/m1/s1. The van der Waals surface area contributed by atoms with Crippen molar-refractivity contribution >= 4 is 70.9 Å². The Kier molecular flexibility index (Phi) is 28.9. The lowest BCUT2D eigenvalue weighted by molar-refractivity contribution is -0.144. The first kappa shape index (κ1) is 72.9. The number of primary amides is 1. The molecule has 0 radical (unpaired) electrons. The molecule has 0 spiro atoms. The fourth-order valence-corrected chi connectivity index (χ4v) is 10.3. The smallest absolute Gasteiger partial charge is 0.248 e. The largest absolute Gasteiger partial charge is 0.394 e. The van der Waals surface area contributed by atoms with Gasteiger partial charge in [-0.3, -0.25) is 62.5 Å². The highest BCUT2D eigenvalue weighted by molar-refractivity contribution is 6.01. The van der Waals surface area contributed by atoms with Crippen LogP contribution in [0.2, 0.25) is 0 Å². The molecule has 16 N–H and O–H groups in total. The van der Waals surface area contributed by atoms with E-state index in [1.807, 2.05) is 0 Å². The number of likely N-dealkylation sites (tertiary alicyclic amines) is 1. The number of likely N-dealkylation sites (N-methyl/N-ethyl adjacent to an activating group) is 1. The van der Waals surface area contributed by atoms with Gasteiger partial charge in [-0.05, 0) is 115 Å². The lowest BCUT2D eigenvalue weighted by Gasteiger charge is -2.34. The molecule has 2 fully saturated rings. The number of nitrogens with two attached hydrogens (primary N) is 2. The van der Waals surface area contributed by atoms with E-state index in [2.05, 4.69) is 58.2 Å². The van der Waals surface area contributed by atoms with Crippen LogP contribution in [0.4, 0.5) is 0 Å². The van der Waals surface area contributed by atoms with E-state index in [-0.39, 0.29) is 57.5 Å². The van der Waals surface area contributed by atoms with Crippen LogP contribution in [0.15, 0.2) is 24.5 Å². The van der Waals surface area contributed by atoms with Gasteiger partial charge in [0, 0.05) is 39.3 Å². The summed E-state index contributed by atoms with van der Waals surface area (Å²) in [4.78, 5) is 170. The summed E-state index contributed by atoms with van der Waals surface area (Å²) in [5.74, 6) is -9.63. The summed E-state index contributed by atoms with van der Waals surface area (Å²) >= 11 is 0. The predicted octanol–water partition coefficient (Wildman–Crippen LogP) is -2.26. The lowest BCUT2D eigenvalue weighted by atomic mass is 9.84. The zero-order valence-corrected chi connectivity index (χ0v) is 51.7. The maximum atomic E-state index is 14.9. The van der Waals surface area contributed by atoms with Gasteiger partial charge >= 0.3 is 0 Å². The molecule has 2 aliphatic rings. The van der Waals surface area contributed by atoms with E-state index < -0.39 is 155 Å². The van der Waals surface area contributed by atoms with Gasteiger partial charge in [-0.25, -0.2) is 0 Å². The Morgan fingerprint density at radius 2 is 1.27 bits per heavy atom. The van der Waals surface area contributed by atoms with E-state index in [9.17, 15) is 67.7 Å². The van der Waals surface area contributed by atoms with Crippen molar-refractivity contribution in [3.8, 4) is 0 Å². The summed E-state index contributed by atoms with van der Waals surface area (Å²) in [6, 6.07) is -7.60. The number of amides is 12. The van der Waals surface area contributed by atoms with Gasteiger partial charge < -0.3 is 79.7 Å². The Bertz CT molecular complexity index is 2520. The quantitative estimate of drug-likeness (QED) is 0.0330. The minimum Gasteiger partial charge on any atom is -0.394 e. The van der Waals surface area contributed by atoms with Gasteiger partial charge in [-0.15, -0.1) is 0 Å². The highest BCUT2D eigenvalue weighted by Crippen LogP contribution is 2.28. The van der Waals surface area contributed by atoms with E-state index in [1.165, 1.54) is 59.0 Å². The van der Waals surface area contributed by atoms with Crippen LogP contribution < -0.4 is 64.6 Å².